The first kappa shape index (κ1) is 14.5. The van der Waals surface area contributed by atoms with E-state index in [1.807, 2.05) is 23.1 Å². The van der Waals surface area contributed by atoms with E-state index < -0.39 is 0 Å². The molecule has 3 rings (SSSR count). The van der Waals surface area contributed by atoms with Crippen molar-refractivity contribution in [3.05, 3.63) is 53.1 Å². The van der Waals surface area contributed by atoms with E-state index in [2.05, 4.69) is 10.00 Å². The fourth-order valence-electron chi connectivity index (χ4n) is 2.91. The van der Waals surface area contributed by atoms with Crippen LogP contribution in [0.4, 0.5) is 4.39 Å². The molecule has 0 amide bonds. The smallest absolute Gasteiger partial charge is 0.129 e. The number of benzene rings is 1. The molecule has 0 bridgehead atoms. The fraction of sp³-hybridized carbons (Fsp3) is 0.438. The molecule has 21 heavy (non-hydrogen) atoms. The highest BCUT2D eigenvalue weighted by atomic mass is 35.5. The van der Waals surface area contributed by atoms with Crippen LogP contribution in [0.5, 0.6) is 0 Å². The van der Waals surface area contributed by atoms with E-state index >= 15 is 0 Å². The van der Waals surface area contributed by atoms with Crippen molar-refractivity contribution in [1.82, 2.24) is 14.7 Å². The number of hydrogen-bond donors (Lipinski definition) is 0. The standard InChI is InChI=1S/C16H19ClFN3/c17-15-3-1-4-16(18)14(15)12-20-9-5-13(6-10-20)11-21-8-2-7-19-21/h1-4,7-8,13H,5-6,9-12H2. The first-order valence-electron chi connectivity index (χ1n) is 7.35. The normalized spacial score (nSPS) is 17.2. The lowest BCUT2D eigenvalue weighted by atomic mass is 9.96. The van der Waals surface area contributed by atoms with Gasteiger partial charge in [0.15, 0.2) is 0 Å². The van der Waals surface area contributed by atoms with Gasteiger partial charge in [-0.15, -0.1) is 0 Å². The number of rotatable bonds is 4. The number of halogens is 2. The van der Waals surface area contributed by atoms with Crippen molar-refractivity contribution >= 4 is 11.6 Å². The lowest BCUT2D eigenvalue weighted by Crippen LogP contribution is -2.34. The van der Waals surface area contributed by atoms with E-state index in [4.69, 9.17) is 11.6 Å². The van der Waals surface area contributed by atoms with E-state index in [1.54, 1.807) is 12.1 Å². The van der Waals surface area contributed by atoms with Gasteiger partial charge in [-0.1, -0.05) is 17.7 Å². The molecule has 5 heteroatoms. The van der Waals surface area contributed by atoms with Crippen LogP contribution in [0.1, 0.15) is 18.4 Å². The van der Waals surface area contributed by atoms with Gasteiger partial charge < -0.3 is 0 Å². The summed E-state index contributed by atoms with van der Waals surface area (Å²) in [5.74, 6) is 0.443. The van der Waals surface area contributed by atoms with Gasteiger partial charge in [0.2, 0.25) is 0 Å². The van der Waals surface area contributed by atoms with E-state index in [1.165, 1.54) is 6.07 Å². The Kier molecular flexibility index (Phi) is 4.56. The quantitative estimate of drug-likeness (QED) is 0.861. The minimum atomic E-state index is -0.207. The van der Waals surface area contributed by atoms with Crippen LogP contribution < -0.4 is 0 Å². The van der Waals surface area contributed by atoms with Crippen LogP contribution >= 0.6 is 11.6 Å². The van der Waals surface area contributed by atoms with Crippen LogP contribution in [0.15, 0.2) is 36.7 Å². The summed E-state index contributed by atoms with van der Waals surface area (Å²) in [7, 11) is 0. The molecule has 0 aliphatic carbocycles. The average molecular weight is 308 g/mol. The summed E-state index contributed by atoms with van der Waals surface area (Å²) in [5, 5.41) is 4.78. The molecule has 0 N–H and O–H groups in total. The van der Waals surface area contributed by atoms with Crippen molar-refractivity contribution in [1.29, 1.82) is 0 Å². The van der Waals surface area contributed by atoms with E-state index in [9.17, 15) is 4.39 Å². The summed E-state index contributed by atoms with van der Waals surface area (Å²) in [6.45, 7) is 3.54. The Morgan fingerprint density at radius 3 is 2.71 bits per heavy atom. The number of aromatic nitrogens is 2. The highest BCUT2D eigenvalue weighted by Gasteiger charge is 2.21. The minimum Gasteiger partial charge on any atom is -0.299 e. The maximum Gasteiger partial charge on any atom is 0.129 e. The zero-order valence-electron chi connectivity index (χ0n) is 11.9. The Labute approximate surface area is 129 Å². The molecule has 1 fully saturated rings. The summed E-state index contributed by atoms with van der Waals surface area (Å²) < 4.78 is 15.8. The SMILES string of the molecule is Fc1cccc(Cl)c1CN1CCC(Cn2cccn2)CC1. The van der Waals surface area contributed by atoms with Gasteiger partial charge >= 0.3 is 0 Å². The maximum atomic E-state index is 13.8. The second kappa shape index (κ2) is 6.58. The van der Waals surface area contributed by atoms with Gasteiger partial charge in [0.25, 0.3) is 0 Å². The third-order valence-electron chi connectivity index (χ3n) is 4.16. The topological polar surface area (TPSA) is 21.1 Å². The molecule has 0 radical (unpaired) electrons. The third-order valence-corrected chi connectivity index (χ3v) is 4.51. The van der Waals surface area contributed by atoms with Gasteiger partial charge in [-0.2, -0.15) is 5.10 Å². The largest absolute Gasteiger partial charge is 0.299 e. The highest BCUT2D eigenvalue weighted by Crippen LogP contribution is 2.24. The molecule has 1 aliphatic rings. The maximum absolute atomic E-state index is 13.8. The molecule has 1 aromatic heterocycles. The van der Waals surface area contributed by atoms with E-state index in [0.29, 0.717) is 23.0 Å². The van der Waals surface area contributed by atoms with Crippen LogP contribution in [0, 0.1) is 11.7 Å². The third kappa shape index (κ3) is 3.63. The lowest BCUT2D eigenvalue weighted by Gasteiger charge is -2.32. The van der Waals surface area contributed by atoms with E-state index in [0.717, 1.165) is 32.5 Å². The van der Waals surface area contributed by atoms with Gasteiger partial charge in [-0.05, 0) is 50.0 Å². The highest BCUT2D eigenvalue weighted by molar-refractivity contribution is 6.31. The van der Waals surface area contributed by atoms with Crippen LogP contribution in [0.3, 0.4) is 0 Å². The molecule has 1 aliphatic heterocycles. The fourth-order valence-corrected chi connectivity index (χ4v) is 3.13. The molecule has 0 atom stereocenters. The lowest BCUT2D eigenvalue weighted by molar-refractivity contribution is 0.163. The summed E-state index contributed by atoms with van der Waals surface area (Å²) >= 11 is 6.09. The zero-order chi connectivity index (χ0) is 14.7. The molecule has 0 spiro atoms. The molecule has 0 saturated carbocycles. The van der Waals surface area contributed by atoms with Gasteiger partial charge in [-0.3, -0.25) is 9.58 Å². The Morgan fingerprint density at radius 1 is 1.24 bits per heavy atom. The molecular weight excluding hydrogens is 289 g/mol. The first-order chi connectivity index (χ1) is 10.2. The summed E-state index contributed by atoms with van der Waals surface area (Å²) in [4.78, 5) is 2.28. The second-order valence-electron chi connectivity index (χ2n) is 5.65. The van der Waals surface area contributed by atoms with E-state index in [-0.39, 0.29) is 5.82 Å². The number of nitrogens with zero attached hydrogens (tertiary/aromatic N) is 3. The van der Waals surface area contributed by atoms with Gasteiger partial charge in [0.1, 0.15) is 5.82 Å². The molecule has 2 aromatic rings. The van der Waals surface area contributed by atoms with Crippen LogP contribution in [0.2, 0.25) is 5.02 Å². The Hall–Kier alpha value is -1.39. The molecule has 112 valence electrons. The number of likely N-dealkylation sites (tertiary alicyclic amines) is 1. The Balaban J connectivity index is 1.54. The summed E-state index contributed by atoms with van der Waals surface area (Å²) in [5.41, 5.74) is 0.615. The van der Waals surface area contributed by atoms with Gasteiger partial charge in [0.05, 0.1) is 0 Å². The molecule has 0 unspecified atom stereocenters. The van der Waals surface area contributed by atoms with Gasteiger partial charge in [-0.25, -0.2) is 4.39 Å². The van der Waals surface area contributed by atoms with Crippen LogP contribution in [-0.2, 0) is 13.1 Å². The molecule has 1 aromatic carbocycles. The zero-order valence-corrected chi connectivity index (χ0v) is 12.6. The number of hydrogen-bond acceptors (Lipinski definition) is 2. The minimum absolute atomic E-state index is 0.207. The molecule has 1 saturated heterocycles. The average Bonchev–Trinajstić information content (AvgIpc) is 2.98. The molecule has 2 heterocycles. The van der Waals surface area contributed by atoms with Crippen LogP contribution in [-0.4, -0.2) is 27.8 Å². The van der Waals surface area contributed by atoms with Crippen molar-refractivity contribution in [3.63, 3.8) is 0 Å². The summed E-state index contributed by atoms with van der Waals surface area (Å²) in [6, 6.07) is 6.84. The first-order valence-corrected chi connectivity index (χ1v) is 7.73. The molecule has 3 nitrogen and oxygen atoms in total. The van der Waals surface area contributed by atoms with Crippen molar-refractivity contribution in [2.24, 2.45) is 5.92 Å². The Bertz CT molecular complexity index is 557. The number of piperidine rings is 1. The van der Waals surface area contributed by atoms with Crippen molar-refractivity contribution in [3.8, 4) is 0 Å². The van der Waals surface area contributed by atoms with Crippen molar-refractivity contribution in [2.45, 2.75) is 25.9 Å². The van der Waals surface area contributed by atoms with Crippen LogP contribution in [0.25, 0.3) is 0 Å². The molecular formula is C16H19ClFN3. The Morgan fingerprint density at radius 2 is 2.05 bits per heavy atom. The second-order valence-corrected chi connectivity index (χ2v) is 6.06. The van der Waals surface area contributed by atoms with Crippen molar-refractivity contribution in [2.75, 3.05) is 13.1 Å². The summed E-state index contributed by atoms with van der Waals surface area (Å²) in [6.07, 6.45) is 6.05. The predicted octanol–water partition coefficient (Wildman–Crippen LogP) is 3.59. The van der Waals surface area contributed by atoms with Gasteiger partial charge in [0, 0.05) is 36.1 Å². The monoisotopic (exact) mass is 307 g/mol. The predicted molar refractivity (Wildman–Crippen MR) is 81.6 cm³/mol. The van der Waals surface area contributed by atoms with Crippen molar-refractivity contribution < 1.29 is 4.39 Å².